The van der Waals surface area contributed by atoms with Crippen molar-refractivity contribution in [1.82, 2.24) is 4.57 Å². The Balaban J connectivity index is 2.15. The number of aromatic nitrogens is 1. The van der Waals surface area contributed by atoms with Crippen molar-refractivity contribution in [3.63, 3.8) is 0 Å². The Labute approximate surface area is 196 Å². The molecule has 0 saturated carbocycles. The number of fused-ring (bicyclic) bond motifs is 1. The Morgan fingerprint density at radius 3 is 2.24 bits per heavy atom. The zero-order valence-electron chi connectivity index (χ0n) is 18.0. The van der Waals surface area contributed by atoms with E-state index in [2.05, 4.69) is 0 Å². The van der Waals surface area contributed by atoms with Gasteiger partial charge in [-0.3, -0.25) is 9.36 Å². The molecule has 0 saturated heterocycles. The van der Waals surface area contributed by atoms with Gasteiger partial charge in [-0.25, -0.2) is 18.4 Å². The van der Waals surface area contributed by atoms with Crippen molar-refractivity contribution < 1.29 is 32.6 Å². The van der Waals surface area contributed by atoms with Crippen LogP contribution in [0.15, 0.2) is 48.5 Å². The van der Waals surface area contributed by atoms with E-state index in [1.54, 1.807) is 12.1 Å². The molecule has 2 heterocycles. The van der Waals surface area contributed by atoms with Crippen molar-refractivity contribution in [2.75, 3.05) is 20.0 Å². The topological polar surface area (TPSA) is 101 Å². The van der Waals surface area contributed by atoms with Gasteiger partial charge >= 0.3 is 11.9 Å². The van der Waals surface area contributed by atoms with Crippen LogP contribution >= 0.6 is 11.8 Å². The Morgan fingerprint density at radius 2 is 1.62 bits per heavy atom. The number of rotatable bonds is 4. The van der Waals surface area contributed by atoms with Gasteiger partial charge in [0.25, 0.3) is 0 Å². The highest BCUT2D eigenvalue weighted by molar-refractivity contribution is 8.10. The van der Waals surface area contributed by atoms with Crippen LogP contribution in [0.5, 0.6) is 0 Å². The molecule has 7 nitrogen and oxygen atoms in total. The number of hydrogen-bond acceptors (Lipinski definition) is 7. The van der Waals surface area contributed by atoms with Gasteiger partial charge in [0.15, 0.2) is 5.69 Å². The highest BCUT2D eigenvalue weighted by Gasteiger charge is 2.39. The summed E-state index contributed by atoms with van der Waals surface area (Å²) in [5.74, 6) is -3.77. The van der Waals surface area contributed by atoms with Crippen LogP contribution in [0.1, 0.15) is 31.7 Å². The average molecular weight is 484 g/mol. The first-order chi connectivity index (χ1) is 16.3. The van der Waals surface area contributed by atoms with E-state index >= 15 is 0 Å². The van der Waals surface area contributed by atoms with E-state index < -0.39 is 34.7 Å². The number of esters is 2. The van der Waals surface area contributed by atoms with Gasteiger partial charge in [0, 0.05) is 16.3 Å². The summed E-state index contributed by atoms with van der Waals surface area (Å²) in [6.07, 6.45) is 1.32. The number of nitrogens with zero attached hydrogens (tertiary/aromatic N) is 1. The molecule has 34 heavy (non-hydrogen) atoms. The second kappa shape index (κ2) is 9.14. The molecule has 2 aromatic carbocycles. The van der Waals surface area contributed by atoms with Crippen molar-refractivity contribution in [2.24, 2.45) is 0 Å². The minimum absolute atomic E-state index is 0.00673. The number of thioether (sulfide) groups is 1. The molecule has 0 spiro atoms. The van der Waals surface area contributed by atoms with E-state index in [0.29, 0.717) is 0 Å². The standard InChI is InChI=1S/C24H18F2N2O5S/c1-32-23(30)19-17(27)14(11-12-7-3-5-9-15(12)25)18-21(24(31)33-2)34-20(22(29)28(18)19)13-8-4-6-10-16(13)26/h3-11,20H,27H2,1-2H3/t20-/m1/s1. The summed E-state index contributed by atoms with van der Waals surface area (Å²) in [6.45, 7) is 0. The molecule has 1 aliphatic rings. The summed E-state index contributed by atoms with van der Waals surface area (Å²) in [6, 6.07) is 11.4. The van der Waals surface area contributed by atoms with Gasteiger partial charge in [-0.2, -0.15) is 0 Å². The molecule has 3 aromatic rings. The van der Waals surface area contributed by atoms with Crippen LogP contribution in [0.2, 0.25) is 0 Å². The third kappa shape index (κ3) is 3.75. The number of carbonyl (C=O) groups excluding carboxylic acids is 3. The third-order valence-corrected chi connectivity index (χ3v) is 6.57. The smallest absolute Gasteiger partial charge is 0.357 e. The van der Waals surface area contributed by atoms with Gasteiger partial charge in [-0.05, 0) is 18.2 Å². The molecule has 2 N–H and O–H groups in total. The normalized spacial score (nSPS) is 15.8. The molecule has 1 aromatic heterocycles. The molecule has 1 aliphatic heterocycles. The molecule has 0 bridgehead atoms. The number of benzene rings is 2. The molecule has 0 fully saturated rings. The Hall–Kier alpha value is -3.92. The molecule has 1 atom stereocenters. The number of methoxy groups -OCH3 is 2. The van der Waals surface area contributed by atoms with Crippen molar-refractivity contribution in [2.45, 2.75) is 5.25 Å². The number of nitrogens with two attached hydrogens (primary N) is 1. The predicted molar refractivity (Wildman–Crippen MR) is 122 cm³/mol. The van der Waals surface area contributed by atoms with Crippen LogP contribution in [-0.2, 0) is 14.3 Å². The lowest BCUT2D eigenvalue weighted by atomic mass is 10.1. The highest BCUT2D eigenvalue weighted by atomic mass is 32.2. The van der Waals surface area contributed by atoms with Crippen LogP contribution in [-0.4, -0.2) is 36.6 Å². The van der Waals surface area contributed by atoms with Crippen LogP contribution in [0.3, 0.4) is 0 Å². The minimum atomic E-state index is -1.22. The molecule has 0 radical (unpaired) electrons. The SMILES string of the molecule is COC(=O)C1=c2c(=Cc3ccccc3F)c(N)c(C(=O)OC)n2C(=O)[C@@H](c2ccccc2F)S1. The van der Waals surface area contributed by atoms with Crippen molar-refractivity contribution >= 4 is 46.3 Å². The van der Waals surface area contributed by atoms with Crippen LogP contribution in [0.4, 0.5) is 14.5 Å². The van der Waals surface area contributed by atoms with E-state index in [1.165, 1.54) is 42.5 Å². The summed E-state index contributed by atoms with van der Waals surface area (Å²) in [5.41, 5.74) is 5.82. The van der Waals surface area contributed by atoms with Crippen molar-refractivity contribution in [3.05, 3.63) is 87.6 Å². The molecule has 174 valence electrons. The lowest BCUT2D eigenvalue weighted by Gasteiger charge is -2.23. The zero-order valence-corrected chi connectivity index (χ0v) is 18.8. The maximum Gasteiger partial charge on any atom is 0.357 e. The quantitative estimate of drug-likeness (QED) is 0.568. The summed E-state index contributed by atoms with van der Waals surface area (Å²) < 4.78 is 39.7. The number of anilines is 1. The van der Waals surface area contributed by atoms with E-state index in [9.17, 15) is 23.2 Å². The number of ether oxygens (including phenoxy) is 2. The van der Waals surface area contributed by atoms with E-state index in [1.807, 2.05) is 0 Å². The molecule has 0 aliphatic carbocycles. The lowest BCUT2D eigenvalue weighted by Crippen LogP contribution is -2.42. The van der Waals surface area contributed by atoms with Crippen LogP contribution in [0, 0.1) is 11.6 Å². The van der Waals surface area contributed by atoms with Gasteiger partial charge in [-0.15, -0.1) is 0 Å². The highest BCUT2D eigenvalue weighted by Crippen LogP contribution is 2.40. The average Bonchev–Trinajstić information content (AvgIpc) is 3.13. The van der Waals surface area contributed by atoms with E-state index in [-0.39, 0.29) is 38.0 Å². The number of nitrogen functional groups attached to an aromatic ring is 1. The van der Waals surface area contributed by atoms with Gasteiger partial charge < -0.3 is 15.2 Å². The predicted octanol–water partition coefficient (Wildman–Crippen LogP) is 2.37. The second-order valence-corrected chi connectivity index (χ2v) is 8.31. The maximum atomic E-state index is 14.6. The molecule has 4 rings (SSSR count). The number of hydrogen-bond donors (Lipinski definition) is 1. The van der Waals surface area contributed by atoms with Gasteiger partial charge in [-0.1, -0.05) is 48.2 Å². The molecule has 0 amide bonds. The Kier molecular flexibility index (Phi) is 6.25. The van der Waals surface area contributed by atoms with Gasteiger partial charge in [0.05, 0.1) is 25.3 Å². The zero-order chi connectivity index (χ0) is 24.6. The van der Waals surface area contributed by atoms with E-state index in [4.69, 9.17) is 15.2 Å². The lowest BCUT2D eigenvalue weighted by molar-refractivity contribution is -0.133. The van der Waals surface area contributed by atoms with Gasteiger partial charge in [0.1, 0.15) is 21.8 Å². The number of carbonyl (C=O) groups is 3. The van der Waals surface area contributed by atoms with Crippen molar-refractivity contribution in [3.8, 4) is 0 Å². The second-order valence-electron chi connectivity index (χ2n) is 7.20. The molecular weight excluding hydrogens is 466 g/mol. The first-order valence-corrected chi connectivity index (χ1v) is 10.8. The van der Waals surface area contributed by atoms with Crippen molar-refractivity contribution in [1.29, 1.82) is 0 Å². The molecular formula is C24H18F2N2O5S. The minimum Gasteiger partial charge on any atom is -0.465 e. The summed E-state index contributed by atoms with van der Waals surface area (Å²) in [4.78, 5) is 39.0. The van der Waals surface area contributed by atoms with E-state index in [0.717, 1.165) is 30.5 Å². The summed E-state index contributed by atoms with van der Waals surface area (Å²) in [5, 5.41) is -1.23. The third-order valence-electron chi connectivity index (χ3n) is 5.29. The summed E-state index contributed by atoms with van der Waals surface area (Å²) >= 11 is 0.763. The monoisotopic (exact) mass is 484 g/mol. The van der Waals surface area contributed by atoms with Crippen LogP contribution < -0.4 is 16.3 Å². The van der Waals surface area contributed by atoms with Gasteiger partial charge in [0.2, 0.25) is 5.91 Å². The largest absolute Gasteiger partial charge is 0.465 e. The Bertz CT molecular complexity index is 1460. The fraction of sp³-hybridized carbons (Fsp3) is 0.125. The molecule has 0 unspecified atom stereocenters. The first-order valence-electron chi connectivity index (χ1n) is 9.92. The number of halogens is 2. The first kappa shape index (κ1) is 23.2. The summed E-state index contributed by atoms with van der Waals surface area (Å²) in [7, 11) is 2.24. The Morgan fingerprint density at radius 1 is 1.00 bits per heavy atom. The molecule has 10 heteroatoms. The van der Waals surface area contributed by atoms with Crippen LogP contribution in [0.25, 0.3) is 11.0 Å². The maximum absolute atomic E-state index is 14.6. The fourth-order valence-electron chi connectivity index (χ4n) is 3.71. The fourth-order valence-corrected chi connectivity index (χ4v) is 4.96.